The average Bonchev–Trinajstić information content (AvgIpc) is 2.77. The van der Waals surface area contributed by atoms with E-state index in [1.165, 1.54) is 30.1 Å². The second-order valence-corrected chi connectivity index (χ2v) is 6.95. The van der Waals surface area contributed by atoms with Gasteiger partial charge in [-0.3, -0.25) is 4.79 Å². The molecule has 0 saturated carbocycles. The highest BCUT2D eigenvalue weighted by Gasteiger charge is 2.23. The Bertz CT molecular complexity index is 853. The minimum atomic E-state index is -3.42. The van der Waals surface area contributed by atoms with Crippen molar-refractivity contribution in [3.63, 3.8) is 0 Å². The van der Waals surface area contributed by atoms with Crippen LogP contribution in [0.4, 0.5) is 5.69 Å². The largest absolute Gasteiger partial charge is 0.493 e. The van der Waals surface area contributed by atoms with Gasteiger partial charge in [0.1, 0.15) is 5.56 Å². The number of ketones is 1. The molecule has 2 N–H and O–H groups in total. The molecule has 0 unspecified atom stereocenters. The number of nitrogens with zero attached hydrogens (tertiary/aromatic N) is 2. The van der Waals surface area contributed by atoms with Crippen molar-refractivity contribution in [2.24, 2.45) is 7.05 Å². The number of hydrogen-bond donors (Lipinski definition) is 2. The second kappa shape index (κ2) is 5.45. The van der Waals surface area contributed by atoms with E-state index in [1.54, 1.807) is 14.0 Å². The van der Waals surface area contributed by atoms with E-state index in [2.05, 4.69) is 10.4 Å². The molecule has 0 saturated heterocycles. The van der Waals surface area contributed by atoms with Crippen LogP contribution in [0.1, 0.15) is 21.5 Å². The smallest absolute Gasteiger partial charge is 0.220 e. The molecule has 0 radical (unpaired) electrons. The standard InChI is InChI=1S/C14H17N3O4S/c1-8-9(13(18)10-7-16-17(3)14(10)19)5-6-11(12(8)15-2)22(4,20)21/h5-7,15,19H,1-4H3. The summed E-state index contributed by atoms with van der Waals surface area (Å²) in [6.07, 6.45) is 2.39. The zero-order chi connectivity index (χ0) is 16.7. The number of aromatic hydroxyl groups is 1. The monoisotopic (exact) mass is 323 g/mol. The summed E-state index contributed by atoms with van der Waals surface area (Å²) < 4.78 is 24.8. The molecule has 1 heterocycles. The van der Waals surface area contributed by atoms with Gasteiger partial charge in [0.15, 0.2) is 15.6 Å². The average molecular weight is 323 g/mol. The van der Waals surface area contributed by atoms with Crippen LogP contribution in [0, 0.1) is 6.92 Å². The Morgan fingerprint density at radius 3 is 2.41 bits per heavy atom. The molecule has 0 amide bonds. The van der Waals surface area contributed by atoms with E-state index in [9.17, 15) is 18.3 Å². The SMILES string of the molecule is CNc1c(S(C)(=O)=O)ccc(C(=O)c2cnn(C)c2O)c1C. The molecule has 0 aliphatic heterocycles. The zero-order valence-electron chi connectivity index (χ0n) is 12.7. The van der Waals surface area contributed by atoms with E-state index >= 15 is 0 Å². The number of nitrogens with one attached hydrogen (secondary N) is 1. The predicted molar refractivity (Wildman–Crippen MR) is 82.1 cm³/mol. The molecule has 0 bridgehead atoms. The van der Waals surface area contributed by atoms with E-state index in [-0.39, 0.29) is 16.3 Å². The molecule has 118 valence electrons. The van der Waals surface area contributed by atoms with Gasteiger partial charge < -0.3 is 10.4 Å². The first-order valence-electron chi connectivity index (χ1n) is 6.45. The third-order valence-corrected chi connectivity index (χ3v) is 4.61. The van der Waals surface area contributed by atoms with Crippen molar-refractivity contribution < 1.29 is 18.3 Å². The molecule has 8 heteroatoms. The lowest BCUT2D eigenvalue weighted by molar-refractivity contribution is 0.103. The lowest BCUT2D eigenvalue weighted by Gasteiger charge is -2.14. The molecule has 22 heavy (non-hydrogen) atoms. The van der Waals surface area contributed by atoms with Crippen LogP contribution in [0.25, 0.3) is 0 Å². The maximum atomic E-state index is 12.5. The first kappa shape index (κ1) is 16.0. The number of carbonyl (C=O) groups is 1. The highest BCUT2D eigenvalue weighted by Crippen LogP contribution is 2.30. The quantitative estimate of drug-likeness (QED) is 0.817. The maximum Gasteiger partial charge on any atom is 0.220 e. The van der Waals surface area contributed by atoms with Gasteiger partial charge in [-0.05, 0) is 24.6 Å². The number of hydrogen-bond acceptors (Lipinski definition) is 6. The van der Waals surface area contributed by atoms with E-state index < -0.39 is 15.6 Å². The summed E-state index contributed by atoms with van der Waals surface area (Å²) >= 11 is 0. The molecule has 2 aromatic rings. The first-order valence-corrected chi connectivity index (χ1v) is 8.34. The molecule has 2 rings (SSSR count). The van der Waals surface area contributed by atoms with Crippen molar-refractivity contribution in [2.45, 2.75) is 11.8 Å². The molecule has 0 atom stereocenters. The Kier molecular flexibility index (Phi) is 3.97. The van der Waals surface area contributed by atoms with Crippen molar-refractivity contribution in [2.75, 3.05) is 18.6 Å². The normalized spacial score (nSPS) is 11.5. The van der Waals surface area contributed by atoms with Crippen LogP contribution >= 0.6 is 0 Å². The third-order valence-electron chi connectivity index (χ3n) is 3.47. The van der Waals surface area contributed by atoms with E-state index in [0.717, 1.165) is 6.26 Å². The number of benzene rings is 1. The minimum Gasteiger partial charge on any atom is -0.493 e. The molecule has 7 nitrogen and oxygen atoms in total. The lowest BCUT2D eigenvalue weighted by Crippen LogP contribution is -2.10. The fourth-order valence-corrected chi connectivity index (χ4v) is 3.23. The van der Waals surface area contributed by atoms with Crippen LogP contribution in [-0.4, -0.2) is 42.4 Å². The summed E-state index contributed by atoms with van der Waals surface area (Å²) in [5.74, 6) is -0.651. The molecule has 1 aromatic carbocycles. The van der Waals surface area contributed by atoms with Crippen LogP contribution in [0.15, 0.2) is 23.2 Å². The van der Waals surface area contributed by atoms with Gasteiger partial charge in [0, 0.05) is 25.9 Å². The summed E-state index contributed by atoms with van der Waals surface area (Å²) in [4.78, 5) is 12.7. The highest BCUT2D eigenvalue weighted by molar-refractivity contribution is 7.90. The van der Waals surface area contributed by atoms with Crippen LogP contribution in [0.3, 0.4) is 0 Å². The Labute approximate surface area is 128 Å². The lowest BCUT2D eigenvalue weighted by atomic mass is 9.99. The van der Waals surface area contributed by atoms with Crippen LogP contribution in [0.5, 0.6) is 5.88 Å². The Hall–Kier alpha value is -2.35. The third kappa shape index (κ3) is 2.57. The van der Waals surface area contributed by atoms with Crippen molar-refractivity contribution in [1.29, 1.82) is 0 Å². The number of sulfone groups is 1. The summed E-state index contributed by atoms with van der Waals surface area (Å²) in [6.45, 7) is 1.65. The van der Waals surface area contributed by atoms with Crippen molar-refractivity contribution >= 4 is 21.3 Å². The fourth-order valence-electron chi connectivity index (χ4n) is 2.29. The maximum absolute atomic E-state index is 12.5. The Balaban J connectivity index is 2.63. The van der Waals surface area contributed by atoms with Gasteiger partial charge in [-0.2, -0.15) is 5.10 Å². The van der Waals surface area contributed by atoms with E-state index in [1.807, 2.05) is 0 Å². The zero-order valence-corrected chi connectivity index (χ0v) is 13.5. The minimum absolute atomic E-state index is 0.0692. The molecule has 0 spiro atoms. The first-order chi connectivity index (χ1) is 10.2. The highest BCUT2D eigenvalue weighted by atomic mass is 32.2. The van der Waals surface area contributed by atoms with Crippen molar-refractivity contribution in [3.05, 3.63) is 35.0 Å². The predicted octanol–water partition coefficient (Wildman–Crippen LogP) is 1.11. The number of aryl methyl sites for hydroxylation is 1. The molecule has 1 aromatic heterocycles. The molecule has 0 aliphatic rings. The van der Waals surface area contributed by atoms with Crippen LogP contribution in [0.2, 0.25) is 0 Å². The number of anilines is 1. The van der Waals surface area contributed by atoms with Crippen LogP contribution in [-0.2, 0) is 16.9 Å². The molecular weight excluding hydrogens is 306 g/mol. The summed E-state index contributed by atoms with van der Waals surface area (Å²) in [6, 6.07) is 2.83. The van der Waals surface area contributed by atoms with E-state index in [4.69, 9.17) is 0 Å². The molecular formula is C14H17N3O4S. The summed E-state index contributed by atoms with van der Waals surface area (Å²) in [7, 11) is -0.310. The number of aromatic nitrogens is 2. The van der Waals surface area contributed by atoms with Gasteiger partial charge in [-0.15, -0.1) is 0 Å². The summed E-state index contributed by atoms with van der Waals surface area (Å²) in [5, 5.41) is 16.5. The van der Waals surface area contributed by atoms with Gasteiger partial charge in [0.05, 0.1) is 16.8 Å². The molecule has 0 aliphatic carbocycles. The van der Waals surface area contributed by atoms with Gasteiger partial charge in [0.2, 0.25) is 5.88 Å². The van der Waals surface area contributed by atoms with Gasteiger partial charge in [-0.1, -0.05) is 0 Å². The summed E-state index contributed by atoms with van der Waals surface area (Å²) in [5.41, 5.74) is 1.25. The Morgan fingerprint density at radius 1 is 1.32 bits per heavy atom. The number of rotatable bonds is 4. The van der Waals surface area contributed by atoms with Gasteiger partial charge in [-0.25, -0.2) is 13.1 Å². The topological polar surface area (TPSA) is 101 Å². The van der Waals surface area contributed by atoms with Crippen molar-refractivity contribution in [1.82, 2.24) is 9.78 Å². The van der Waals surface area contributed by atoms with Crippen molar-refractivity contribution in [3.8, 4) is 5.88 Å². The number of carbonyl (C=O) groups excluding carboxylic acids is 1. The molecule has 0 fully saturated rings. The van der Waals surface area contributed by atoms with Gasteiger partial charge in [0.25, 0.3) is 0 Å². The Morgan fingerprint density at radius 2 is 1.95 bits per heavy atom. The second-order valence-electron chi connectivity index (χ2n) is 4.97. The van der Waals surface area contributed by atoms with E-state index in [0.29, 0.717) is 16.8 Å². The van der Waals surface area contributed by atoms with Gasteiger partial charge >= 0.3 is 0 Å². The van der Waals surface area contributed by atoms with Crippen LogP contribution < -0.4 is 5.32 Å². The fraction of sp³-hybridized carbons (Fsp3) is 0.286.